The molecule has 0 aromatic carbocycles. The average Bonchev–Trinajstić information content (AvgIpc) is 2.69. The molecule has 0 radical (unpaired) electrons. The molecule has 0 fully saturated rings. The van der Waals surface area contributed by atoms with Gasteiger partial charge in [0.05, 0.1) is 29.1 Å². The van der Waals surface area contributed by atoms with Crippen molar-refractivity contribution < 1.29 is 0 Å². The lowest BCUT2D eigenvalue weighted by Crippen LogP contribution is -2.02. The number of aromatic nitrogens is 2. The van der Waals surface area contributed by atoms with E-state index in [4.69, 9.17) is 0 Å². The summed E-state index contributed by atoms with van der Waals surface area (Å²) in [6.07, 6.45) is 0. The molecule has 2 heterocycles. The van der Waals surface area contributed by atoms with E-state index >= 15 is 0 Å². The summed E-state index contributed by atoms with van der Waals surface area (Å²) >= 11 is 1.61. The molecule has 0 aliphatic rings. The standard InChI is InChI=1S/C11H13N3S/c1-8-3-4-11(9(2)14-8)12-5-10-6-15-7-13-10/h3-4,6-7,12H,5H2,1-2H3. The van der Waals surface area contributed by atoms with Crippen molar-refractivity contribution >= 4 is 17.0 Å². The maximum atomic E-state index is 4.39. The molecular weight excluding hydrogens is 206 g/mol. The molecule has 0 saturated heterocycles. The fourth-order valence-electron chi connectivity index (χ4n) is 1.38. The topological polar surface area (TPSA) is 37.8 Å². The minimum atomic E-state index is 0.759. The summed E-state index contributed by atoms with van der Waals surface area (Å²) in [7, 11) is 0. The third kappa shape index (κ3) is 2.53. The number of thiazole rings is 1. The first-order valence-electron chi connectivity index (χ1n) is 4.81. The molecule has 0 amide bonds. The van der Waals surface area contributed by atoms with Crippen molar-refractivity contribution in [2.75, 3.05) is 5.32 Å². The minimum absolute atomic E-state index is 0.759. The number of pyridine rings is 1. The van der Waals surface area contributed by atoms with E-state index in [0.717, 1.165) is 29.3 Å². The van der Waals surface area contributed by atoms with E-state index in [1.807, 2.05) is 30.8 Å². The van der Waals surface area contributed by atoms with Crippen LogP contribution in [0.5, 0.6) is 0 Å². The van der Waals surface area contributed by atoms with Gasteiger partial charge in [-0.2, -0.15) is 0 Å². The molecule has 0 saturated carbocycles. The van der Waals surface area contributed by atoms with E-state index in [2.05, 4.69) is 21.4 Å². The Balaban J connectivity index is 2.05. The van der Waals surface area contributed by atoms with Crippen LogP contribution in [0.3, 0.4) is 0 Å². The average molecular weight is 219 g/mol. The van der Waals surface area contributed by atoms with Crippen LogP contribution in [-0.2, 0) is 6.54 Å². The Kier molecular flexibility index (Phi) is 2.97. The number of rotatable bonds is 3. The Labute approximate surface area is 93.2 Å². The number of hydrogen-bond donors (Lipinski definition) is 1. The van der Waals surface area contributed by atoms with Crippen molar-refractivity contribution in [1.82, 2.24) is 9.97 Å². The van der Waals surface area contributed by atoms with E-state index < -0.39 is 0 Å². The molecule has 0 spiro atoms. The van der Waals surface area contributed by atoms with E-state index in [0.29, 0.717) is 0 Å². The lowest BCUT2D eigenvalue weighted by atomic mass is 10.2. The number of aryl methyl sites for hydroxylation is 2. The van der Waals surface area contributed by atoms with Crippen molar-refractivity contribution in [3.05, 3.63) is 40.1 Å². The van der Waals surface area contributed by atoms with Crippen LogP contribution in [0.25, 0.3) is 0 Å². The van der Waals surface area contributed by atoms with Crippen molar-refractivity contribution in [3.8, 4) is 0 Å². The normalized spacial score (nSPS) is 10.3. The van der Waals surface area contributed by atoms with Gasteiger partial charge in [-0.05, 0) is 26.0 Å². The zero-order valence-corrected chi connectivity index (χ0v) is 9.64. The third-order valence-electron chi connectivity index (χ3n) is 2.17. The van der Waals surface area contributed by atoms with Gasteiger partial charge in [-0.3, -0.25) is 4.98 Å². The van der Waals surface area contributed by atoms with Crippen LogP contribution in [0.2, 0.25) is 0 Å². The first-order chi connectivity index (χ1) is 7.25. The largest absolute Gasteiger partial charge is 0.378 e. The van der Waals surface area contributed by atoms with E-state index in [1.54, 1.807) is 11.3 Å². The van der Waals surface area contributed by atoms with Crippen LogP contribution in [0, 0.1) is 13.8 Å². The molecule has 0 aliphatic carbocycles. The lowest BCUT2D eigenvalue weighted by molar-refractivity contribution is 1.04. The van der Waals surface area contributed by atoms with Crippen LogP contribution in [0.4, 0.5) is 5.69 Å². The van der Waals surface area contributed by atoms with Gasteiger partial charge in [0, 0.05) is 11.1 Å². The van der Waals surface area contributed by atoms with Crippen LogP contribution in [-0.4, -0.2) is 9.97 Å². The van der Waals surface area contributed by atoms with Crippen LogP contribution in [0.15, 0.2) is 23.0 Å². The fraction of sp³-hybridized carbons (Fsp3) is 0.273. The Morgan fingerprint density at radius 2 is 2.20 bits per heavy atom. The third-order valence-corrected chi connectivity index (χ3v) is 2.80. The monoisotopic (exact) mass is 219 g/mol. The second-order valence-electron chi connectivity index (χ2n) is 3.42. The SMILES string of the molecule is Cc1ccc(NCc2cscn2)c(C)n1. The number of nitrogens with zero attached hydrogens (tertiary/aromatic N) is 2. The Hall–Kier alpha value is -1.42. The second-order valence-corrected chi connectivity index (χ2v) is 4.14. The number of hydrogen-bond acceptors (Lipinski definition) is 4. The summed E-state index contributed by atoms with van der Waals surface area (Å²) in [5.74, 6) is 0. The van der Waals surface area contributed by atoms with E-state index in [1.165, 1.54) is 0 Å². The van der Waals surface area contributed by atoms with Crippen LogP contribution in [0.1, 0.15) is 17.1 Å². The predicted molar refractivity (Wildman–Crippen MR) is 63.2 cm³/mol. The van der Waals surface area contributed by atoms with E-state index in [9.17, 15) is 0 Å². The molecule has 3 nitrogen and oxygen atoms in total. The van der Waals surface area contributed by atoms with Gasteiger partial charge >= 0.3 is 0 Å². The smallest absolute Gasteiger partial charge is 0.0795 e. The molecule has 0 aliphatic heterocycles. The summed E-state index contributed by atoms with van der Waals surface area (Å²) in [4.78, 5) is 8.61. The lowest BCUT2D eigenvalue weighted by Gasteiger charge is -2.07. The maximum absolute atomic E-state index is 4.39. The molecule has 4 heteroatoms. The zero-order chi connectivity index (χ0) is 10.7. The van der Waals surface area contributed by atoms with Crippen molar-refractivity contribution in [2.45, 2.75) is 20.4 Å². The quantitative estimate of drug-likeness (QED) is 0.862. The van der Waals surface area contributed by atoms with Gasteiger partial charge in [0.25, 0.3) is 0 Å². The summed E-state index contributed by atoms with van der Waals surface area (Å²) in [6.45, 7) is 4.77. The van der Waals surface area contributed by atoms with Gasteiger partial charge < -0.3 is 5.32 Å². The van der Waals surface area contributed by atoms with Gasteiger partial charge in [-0.25, -0.2) is 4.98 Å². The highest BCUT2D eigenvalue weighted by molar-refractivity contribution is 7.07. The Bertz CT molecular complexity index is 437. The van der Waals surface area contributed by atoms with E-state index in [-0.39, 0.29) is 0 Å². The highest BCUT2D eigenvalue weighted by Gasteiger charge is 2.00. The maximum Gasteiger partial charge on any atom is 0.0795 e. The molecule has 0 atom stereocenters. The fourth-order valence-corrected chi connectivity index (χ4v) is 1.94. The van der Waals surface area contributed by atoms with Gasteiger partial charge in [0.1, 0.15) is 0 Å². The summed E-state index contributed by atoms with van der Waals surface area (Å²) in [5.41, 5.74) is 6.07. The van der Waals surface area contributed by atoms with Crippen molar-refractivity contribution in [3.63, 3.8) is 0 Å². The van der Waals surface area contributed by atoms with Crippen molar-refractivity contribution in [1.29, 1.82) is 0 Å². The van der Waals surface area contributed by atoms with Gasteiger partial charge in [0.2, 0.25) is 0 Å². The first kappa shape index (κ1) is 10.1. The highest BCUT2D eigenvalue weighted by atomic mass is 32.1. The molecule has 2 aromatic rings. The molecular formula is C11H13N3S. The molecule has 78 valence electrons. The van der Waals surface area contributed by atoms with Crippen LogP contribution < -0.4 is 5.32 Å². The summed E-state index contributed by atoms with van der Waals surface area (Å²) in [5, 5.41) is 5.37. The Morgan fingerprint density at radius 1 is 1.33 bits per heavy atom. The summed E-state index contributed by atoms with van der Waals surface area (Å²) in [6, 6.07) is 4.07. The molecule has 1 N–H and O–H groups in total. The van der Waals surface area contributed by atoms with Crippen molar-refractivity contribution in [2.24, 2.45) is 0 Å². The number of anilines is 1. The van der Waals surface area contributed by atoms with Crippen LogP contribution >= 0.6 is 11.3 Å². The summed E-state index contributed by atoms with van der Waals surface area (Å²) < 4.78 is 0. The first-order valence-corrected chi connectivity index (χ1v) is 5.75. The molecule has 2 aromatic heterocycles. The molecule has 15 heavy (non-hydrogen) atoms. The Morgan fingerprint density at radius 3 is 2.87 bits per heavy atom. The van der Waals surface area contributed by atoms with Gasteiger partial charge in [-0.1, -0.05) is 0 Å². The van der Waals surface area contributed by atoms with Gasteiger partial charge in [0.15, 0.2) is 0 Å². The molecule has 2 rings (SSSR count). The predicted octanol–water partition coefficient (Wildman–Crippen LogP) is 2.77. The number of nitrogens with one attached hydrogen (secondary N) is 1. The minimum Gasteiger partial charge on any atom is -0.378 e. The molecule has 0 bridgehead atoms. The highest BCUT2D eigenvalue weighted by Crippen LogP contribution is 2.13. The van der Waals surface area contributed by atoms with Gasteiger partial charge in [-0.15, -0.1) is 11.3 Å². The second kappa shape index (κ2) is 4.40. The molecule has 0 unspecified atom stereocenters. The zero-order valence-electron chi connectivity index (χ0n) is 8.82.